The van der Waals surface area contributed by atoms with Crippen LogP contribution < -0.4 is 15.5 Å². The zero-order valence-corrected chi connectivity index (χ0v) is 16.6. The van der Waals surface area contributed by atoms with Crippen LogP contribution in [0.15, 0.2) is 42.7 Å². The summed E-state index contributed by atoms with van der Waals surface area (Å²) in [5.41, 5.74) is 3.53. The monoisotopic (exact) mass is 383 g/mol. The summed E-state index contributed by atoms with van der Waals surface area (Å²) in [6.45, 7) is 5.49. The number of methoxy groups -OCH3 is 1. The molecule has 1 amide bonds. The fourth-order valence-electron chi connectivity index (χ4n) is 3.14. The molecule has 0 atom stereocenters. The second-order valence-corrected chi connectivity index (χ2v) is 7.03. The van der Waals surface area contributed by atoms with E-state index in [0.29, 0.717) is 18.7 Å². The van der Waals surface area contributed by atoms with Gasteiger partial charge >= 0.3 is 0 Å². The normalized spacial score (nSPS) is 14.7. The molecule has 2 aromatic rings. The molecule has 28 heavy (non-hydrogen) atoms. The minimum atomic E-state index is -0.127. The van der Waals surface area contributed by atoms with Crippen LogP contribution in [0.25, 0.3) is 0 Å². The number of pyridine rings is 1. The molecule has 1 saturated heterocycles. The lowest BCUT2D eigenvalue weighted by Gasteiger charge is -2.34. The first kappa shape index (κ1) is 20.1. The number of carbonyl (C=O) groups excluding carboxylic acids is 1. The number of hydrogen-bond donors (Lipinski definition) is 2. The van der Waals surface area contributed by atoms with Crippen molar-refractivity contribution in [2.75, 3.05) is 63.7 Å². The quantitative estimate of drug-likeness (QED) is 0.682. The second kappa shape index (κ2) is 10.1. The van der Waals surface area contributed by atoms with Gasteiger partial charge in [-0.2, -0.15) is 0 Å². The predicted molar refractivity (Wildman–Crippen MR) is 112 cm³/mol. The third-order valence-electron chi connectivity index (χ3n) is 4.84. The third kappa shape index (κ3) is 5.68. The van der Waals surface area contributed by atoms with Crippen molar-refractivity contribution in [2.24, 2.45) is 0 Å². The number of benzene rings is 1. The smallest absolute Gasteiger partial charge is 0.252 e. The summed E-state index contributed by atoms with van der Waals surface area (Å²) >= 11 is 0. The highest BCUT2D eigenvalue weighted by atomic mass is 16.5. The second-order valence-electron chi connectivity index (χ2n) is 7.03. The molecule has 0 radical (unpaired) electrons. The summed E-state index contributed by atoms with van der Waals surface area (Å²) in [7, 11) is 3.81. The number of nitrogens with zero attached hydrogens (tertiary/aromatic N) is 3. The first-order valence-electron chi connectivity index (χ1n) is 9.68. The summed E-state index contributed by atoms with van der Waals surface area (Å²) < 4.78 is 4.99. The number of carbonyl (C=O) groups is 1. The van der Waals surface area contributed by atoms with Crippen LogP contribution in [0.1, 0.15) is 16.8 Å². The maximum atomic E-state index is 12.2. The van der Waals surface area contributed by atoms with Gasteiger partial charge in [0, 0.05) is 64.0 Å². The number of piperazine rings is 1. The molecule has 1 aliphatic rings. The van der Waals surface area contributed by atoms with Crippen molar-refractivity contribution < 1.29 is 9.53 Å². The van der Waals surface area contributed by atoms with E-state index in [0.717, 1.165) is 44.0 Å². The standard InChI is InChI=1S/C21H29N5O2/c1-25-9-11-26(12-10-25)20-6-4-18(5-7-20)24-19-14-17(15-22-16-19)21(27)23-8-3-13-28-2/h4-7,14-16,24H,3,8-13H2,1-2H3,(H,23,27). The summed E-state index contributed by atoms with van der Waals surface area (Å²) in [6.07, 6.45) is 4.08. The summed E-state index contributed by atoms with van der Waals surface area (Å²) in [4.78, 5) is 21.2. The van der Waals surface area contributed by atoms with Gasteiger partial charge in [-0.3, -0.25) is 9.78 Å². The van der Waals surface area contributed by atoms with Gasteiger partial charge in [-0.1, -0.05) is 0 Å². The van der Waals surface area contributed by atoms with E-state index in [-0.39, 0.29) is 5.91 Å². The zero-order chi connectivity index (χ0) is 19.8. The Hall–Kier alpha value is -2.64. The molecule has 0 aliphatic carbocycles. The number of ether oxygens (including phenoxy) is 1. The van der Waals surface area contributed by atoms with Gasteiger partial charge in [0.05, 0.1) is 17.4 Å². The van der Waals surface area contributed by atoms with Crippen molar-refractivity contribution in [1.82, 2.24) is 15.2 Å². The molecule has 1 aliphatic heterocycles. The van der Waals surface area contributed by atoms with Gasteiger partial charge in [0.1, 0.15) is 0 Å². The Morgan fingerprint density at radius 2 is 1.86 bits per heavy atom. The minimum Gasteiger partial charge on any atom is -0.385 e. The Labute approximate surface area is 166 Å². The van der Waals surface area contributed by atoms with E-state index in [4.69, 9.17) is 4.74 Å². The van der Waals surface area contributed by atoms with Crippen LogP contribution in [0.5, 0.6) is 0 Å². The van der Waals surface area contributed by atoms with E-state index in [9.17, 15) is 4.79 Å². The first-order valence-corrected chi connectivity index (χ1v) is 9.68. The highest BCUT2D eigenvalue weighted by Crippen LogP contribution is 2.22. The Bertz CT molecular complexity index is 758. The van der Waals surface area contributed by atoms with Crippen molar-refractivity contribution in [3.8, 4) is 0 Å². The van der Waals surface area contributed by atoms with Crippen LogP contribution in [0.4, 0.5) is 17.1 Å². The average Bonchev–Trinajstić information content (AvgIpc) is 2.72. The maximum absolute atomic E-state index is 12.2. The Morgan fingerprint density at radius 3 is 2.57 bits per heavy atom. The van der Waals surface area contributed by atoms with E-state index in [1.807, 2.05) is 6.07 Å². The fourth-order valence-corrected chi connectivity index (χ4v) is 3.14. The van der Waals surface area contributed by atoms with Gasteiger partial charge in [-0.15, -0.1) is 0 Å². The predicted octanol–water partition coefficient (Wildman–Crippen LogP) is 2.34. The Morgan fingerprint density at radius 1 is 1.11 bits per heavy atom. The minimum absolute atomic E-state index is 0.127. The van der Waals surface area contributed by atoms with Gasteiger partial charge in [0.2, 0.25) is 0 Å². The Balaban J connectivity index is 1.57. The summed E-state index contributed by atoms with van der Waals surface area (Å²) in [6, 6.07) is 10.2. The van der Waals surface area contributed by atoms with Gasteiger partial charge in [-0.25, -0.2) is 0 Å². The van der Waals surface area contributed by atoms with Crippen LogP contribution in [-0.2, 0) is 4.74 Å². The molecule has 3 rings (SSSR count). The van der Waals surface area contributed by atoms with Crippen molar-refractivity contribution in [3.05, 3.63) is 48.3 Å². The molecule has 0 spiro atoms. The number of amides is 1. The van der Waals surface area contributed by atoms with Crippen molar-refractivity contribution in [1.29, 1.82) is 0 Å². The zero-order valence-electron chi connectivity index (χ0n) is 16.6. The van der Waals surface area contributed by atoms with Crippen LogP contribution in [0.3, 0.4) is 0 Å². The van der Waals surface area contributed by atoms with E-state index >= 15 is 0 Å². The van der Waals surface area contributed by atoms with Gasteiger partial charge in [0.15, 0.2) is 0 Å². The van der Waals surface area contributed by atoms with E-state index in [1.54, 1.807) is 19.5 Å². The summed E-state index contributed by atoms with van der Waals surface area (Å²) in [5, 5.41) is 6.20. The average molecular weight is 383 g/mol. The molecule has 0 unspecified atom stereocenters. The number of likely N-dealkylation sites (N-methyl/N-ethyl adjacent to an activating group) is 1. The number of hydrogen-bond acceptors (Lipinski definition) is 6. The van der Waals surface area contributed by atoms with E-state index in [1.165, 1.54) is 5.69 Å². The molecule has 1 aromatic carbocycles. The van der Waals surface area contributed by atoms with Crippen molar-refractivity contribution >= 4 is 23.0 Å². The van der Waals surface area contributed by atoms with Crippen LogP contribution in [0, 0.1) is 0 Å². The molecule has 2 N–H and O–H groups in total. The van der Waals surface area contributed by atoms with Crippen LogP contribution >= 0.6 is 0 Å². The lowest BCUT2D eigenvalue weighted by atomic mass is 10.2. The van der Waals surface area contributed by atoms with E-state index in [2.05, 4.69) is 56.7 Å². The molecule has 2 heterocycles. The molecule has 7 nitrogen and oxygen atoms in total. The number of rotatable bonds is 8. The molecular weight excluding hydrogens is 354 g/mol. The lowest BCUT2D eigenvalue weighted by molar-refractivity contribution is 0.0948. The van der Waals surface area contributed by atoms with Gasteiger partial charge in [-0.05, 0) is 43.8 Å². The number of nitrogens with one attached hydrogen (secondary N) is 2. The molecular formula is C21H29N5O2. The number of anilines is 3. The molecule has 1 aromatic heterocycles. The van der Waals surface area contributed by atoms with Crippen molar-refractivity contribution in [2.45, 2.75) is 6.42 Å². The van der Waals surface area contributed by atoms with Gasteiger partial charge < -0.3 is 25.2 Å². The first-order chi connectivity index (χ1) is 13.7. The third-order valence-corrected chi connectivity index (χ3v) is 4.84. The molecule has 150 valence electrons. The topological polar surface area (TPSA) is 69.7 Å². The highest BCUT2D eigenvalue weighted by molar-refractivity contribution is 5.94. The summed E-state index contributed by atoms with van der Waals surface area (Å²) in [5.74, 6) is -0.127. The molecule has 0 bridgehead atoms. The largest absolute Gasteiger partial charge is 0.385 e. The SMILES string of the molecule is COCCCNC(=O)c1cncc(Nc2ccc(N3CCN(C)CC3)cc2)c1. The lowest BCUT2D eigenvalue weighted by Crippen LogP contribution is -2.44. The molecule has 1 fully saturated rings. The maximum Gasteiger partial charge on any atom is 0.252 e. The fraction of sp³-hybridized carbons (Fsp3) is 0.429. The molecule has 0 saturated carbocycles. The van der Waals surface area contributed by atoms with E-state index < -0.39 is 0 Å². The Kier molecular flexibility index (Phi) is 7.22. The van der Waals surface area contributed by atoms with Crippen LogP contribution in [0.2, 0.25) is 0 Å². The van der Waals surface area contributed by atoms with Gasteiger partial charge in [0.25, 0.3) is 5.91 Å². The van der Waals surface area contributed by atoms with Crippen LogP contribution in [-0.4, -0.2) is 69.3 Å². The van der Waals surface area contributed by atoms with Crippen molar-refractivity contribution in [3.63, 3.8) is 0 Å². The number of aromatic nitrogens is 1. The highest BCUT2D eigenvalue weighted by Gasteiger charge is 2.14. The molecule has 7 heteroatoms.